The van der Waals surface area contributed by atoms with E-state index in [-0.39, 0.29) is 24.1 Å². The highest BCUT2D eigenvalue weighted by atomic mass is 16.2. The summed E-state index contributed by atoms with van der Waals surface area (Å²) in [4.78, 5) is 38.3. The largest absolute Gasteiger partial charge is 0.343 e. The Balaban J connectivity index is 1.97. The first-order valence-electron chi connectivity index (χ1n) is 8.51. The Kier molecular flexibility index (Phi) is 6.28. The summed E-state index contributed by atoms with van der Waals surface area (Å²) in [6.45, 7) is 5.46. The number of aryl methyl sites for hydroxylation is 2. The molecule has 0 aliphatic carbocycles. The van der Waals surface area contributed by atoms with Crippen LogP contribution in [-0.2, 0) is 4.79 Å². The molecule has 0 aliphatic heterocycles. The molecule has 26 heavy (non-hydrogen) atoms. The van der Waals surface area contributed by atoms with E-state index in [0.717, 1.165) is 11.1 Å². The number of carbonyl (C=O) groups excluding carboxylic acids is 3. The van der Waals surface area contributed by atoms with Crippen LogP contribution in [0.1, 0.15) is 38.8 Å². The average Bonchev–Trinajstić information content (AvgIpc) is 2.66. The van der Waals surface area contributed by atoms with Gasteiger partial charge in [-0.2, -0.15) is 0 Å². The van der Waals surface area contributed by atoms with Gasteiger partial charge in [0.05, 0.1) is 12.6 Å². The van der Waals surface area contributed by atoms with E-state index in [1.54, 1.807) is 44.3 Å². The fraction of sp³-hybridized carbons (Fsp3) is 0.286. The van der Waals surface area contributed by atoms with Crippen molar-refractivity contribution in [2.24, 2.45) is 0 Å². The summed E-state index contributed by atoms with van der Waals surface area (Å²) < 4.78 is 0. The third-order valence-electron chi connectivity index (χ3n) is 4.58. The molecule has 1 atom stereocenters. The summed E-state index contributed by atoms with van der Waals surface area (Å²) in [6, 6.07) is 13.6. The normalized spacial score (nSPS) is 11.5. The predicted octanol–water partition coefficient (Wildman–Crippen LogP) is 2.76. The zero-order chi connectivity index (χ0) is 19.3. The highest BCUT2D eigenvalue weighted by molar-refractivity contribution is 6.02. The molecule has 0 aromatic heterocycles. The van der Waals surface area contributed by atoms with E-state index >= 15 is 0 Å². The Labute approximate surface area is 154 Å². The molecule has 5 heteroatoms. The maximum absolute atomic E-state index is 12.6. The maximum Gasteiger partial charge on any atom is 0.251 e. The molecule has 2 aromatic rings. The molecule has 0 saturated heterocycles. The minimum atomic E-state index is -0.613. The second-order valence-corrected chi connectivity index (χ2v) is 6.39. The Morgan fingerprint density at radius 3 is 2.23 bits per heavy atom. The van der Waals surface area contributed by atoms with Crippen LogP contribution in [0.25, 0.3) is 0 Å². The fourth-order valence-corrected chi connectivity index (χ4v) is 2.50. The van der Waals surface area contributed by atoms with Gasteiger partial charge in [0, 0.05) is 18.2 Å². The Morgan fingerprint density at radius 2 is 1.62 bits per heavy atom. The maximum atomic E-state index is 12.6. The highest BCUT2D eigenvalue weighted by Crippen LogP contribution is 2.13. The van der Waals surface area contributed by atoms with Gasteiger partial charge in [-0.15, -0.1) is 0 Å². The molecule has 2 rings (SSSR count). The van der Waals surface area contributed by atoms with Crippen LogP contribution >= 0.6 is 0 Å². The van der Waals surface area contributed by atoms with E-state index in [0.29, 0.717) is 11.1 Å². The van der Waals surface area contributed by atoms with Crippen LogP contribution in [0.4, 0.5) is 0 Å². The fourth-order valence-electron chi connectivity index (χ4n) is 2.50. The lowest BCUT2D eigenvalue weighted by Crippen LogP contribution is -2.45. The first kappa shape index (κ1) is 19.4. The van der Waals surface area contributed by atoms with Crippen LogP contribution in [0, 0.1) is 13.8 Å². The van der Waals surface area contributed by atoms with Crippen LogP contribution in [0.3, 0.4) is 0 Å². The van der Waals surface area contributed by atoms with Crippen molar-refractivity contribution >= 4 is 17.6 Å². The van der Waals surface area contributed by atoms with Crippen molar-refractivity contribution in [2.45, 2.75) is 26.8 Å². The standard InChI is InChI=1S/C21H24N2O3/c1-14-10-11-18(12-15(14)2)20(25)16(3)23(4)19(24)13-22-21(26)17-8-6-5-7-9-17/h5-12,16H,13H2,1-4H3,(H,22,26). The molecule has 0 saturated carbocycles. The summed E-state index contributed by atoms with van der Waals surface area (Å²) >= 11 is 0. The molecule has 0 radical (unpaired) electrons. The molecule has 0 aliphatic rings. The third-order valence-corrected chi connectivity index (χ3v) is 4.58. The number of carbonyl (C=O) groups is 3. The van der Waals surface area contributed by atoms with Gasteiger partial charge in [-0.1, -0.05) is 30.3 Å². The number of likely N-dealkylation sites (N-methyl/N-ethyl adjacent to an activating group) is 1. The zero-order valence-corrected chi connectivity index (χ0v) is 15.6. The number of nitrogens with one attached hydrogen (secondary N) is 1. The molecule has 1 unspecified atom stereocenters. The van der Waals surface area contributed by atoms with E-state index in [9.17, 15) is 14.4 Å². The first-order chi connectivity index (χ1) is 12.3. The average molecular weight is 352 g/mol. The van der Waals surface area contributed by atoms with Gasteiger partial charge >= 0.3 is 0 Å². The number of ketones is 1. The van der Waals surface area contributed by atoms with Gasteiger partial charge in [0.2, 0.25) is 5.91 Å². The van der Waals surface area contributed by atoms with Gasteiger partial charge in [0.25, 0.3) is 5.91 Å². The lowest BCUT2D eigenvalue weighted by atomic mass is 10.00. The molecule has 0 fully saturated rings. The van der Waals surface area contributed by atoms with E-state index in [1.807, 2.05) is 32.0 Å². The number of benzene rings is 2. The quantitative estimate of drug-likeness (QED) is 0.813. The van der Waals surface area contributed by atoms with Gasteiger partial charge in [0.15, 0.2) is 5.78 Å². The van der Waals surface area contributed by atoms with Crippen molar-refractivity contribution in [3.63, 3.8) is 0 Å². The molecule has 0 spiro atoms. The minimum Gasteiger partial charge on any atom is -0.343 e. The summed E-state index contributed by atoms with van der Waals surface area (Å²) in [5.74, 6) is -0.766. The number of hydrogen-bond donors (Lipinski definition) is 1. The highest BCUT2D eigenvalue weighted by Gasteiger charge is 2.24. The number of hydrogen-bond acceptors (Lipinski definition) is 3. The topological polar surface area (TPSA) is 66.5 Å². The van der Waals surface area contributed by atoms with Crippen LogP contribution < -0.4 is 5.32 Å². The molecule has 0 heterocycles. The Bertz CT molecular complexity index is 815. The molecule has 0 bridgehead atoms. The van der Waals surface area contributed by atoms with Gasteiger partial charge in [-0.3, -0.25) is 14.4 Å². The summed E-state index contributed by atoms with van der Waals surface area (Å²) in [7, 11) is 1.57. The smallest absolute Gasteiger partial charge is 0.251 e. The lowest BCUT2D eigenvalue weighted by Gasteiger charge is -2.24. The van der Waals surface area contributed by atoms with E-state index < -0.39 is 6.04 Å². The zero-order valence-electron chi connectivity index (χ0n) is 15.6. The molecule has 2 aromatic carbocycles. The van der Waals surface area contributed by atoms with Crippen molar-refractivity contribution in [1.82, 2.24) is 10.2 Å². The number of amides is 2. The van der Waals surface area contributed by atoms with Crippen molar-refractivity contribution < 1.29 is 14.4 Å². The molecule has 1 N–H and O–H groups in total. The molecular formula is C21H24N2O3. The number of rotatable bonds is 6. The van der Waals surface area contributed by atoms with Crippen molar-refractivity contribution in [1.29, 1.82) is 0 Å². The second-order valence-electron chi connectivity index (χ2n) is 6.39. The van der Waals surface area contributed by atoms with Gasteiger partial charge in [-0.05, 0) is 50.1 Å². The van der Waals surface area contributed by atoms with E-state index in [4.69, 9.17) is 0 Å². The van der Waals surface area contributed by atoms with Crippen LogP contribution in [-0.4, -0.2) is 42.1 Å². The Morgan fingerprint density at radius 1 is 0.962 bits per heavy atom. The van der Waals surface area contributed by atoms with Crippen molar-refractivity contribution in [3.8, 4) is 0 Å². The number of nitrogens with zero attached hydrogens (tertiary/aromatic N) is 1. The van der Waals surface area contributed by atoms with E-state index in [2.05, 4.69) is 5.32 Å². The Hall–Kier alpha value is -2.95. The van der Waals surface area contributed by atoms with Crippen LogP contribution in [0.5, 0.6) is 0 Å². The summed E-state index contributed by atoms with van der Waals surface area (Å²) in [5.41, 5.74) is 3.21. The SMILES string of the molecule is Cc1ccc(C(=O)C(C)N(C)C(=O)CNC(=O)c2ccccc2)cc1C. The predicted molar refractivity (Wildman–Crippen MR) is 101 cm³/mol. The first-order valence-corrected chi connectivity index (χ1v) is 8.51. The molecule has 2 amide bonds. The molecular weight excluding hydrogens is 328 g/mol. The summed E-state index contributed by atoms with van der Waals surface area (Å²) in [5, 5.41) is 2.59. The number of Topliss-reactive ketones (excluding diaryl/α,β-unsaturated/α-hetero) is 1. The van der Waals surface area contributed by atoms with Crippen molar-refractivity contribution in [3.05, 3.63) is 70.8 Å². The van der Waals surface area contributed by atoms with Crippen LogP contribution in [0.2, 0.25) is 0 Å². The van der Waals surface area contributed by atoms with Gasteiger partial charge in [0.1, 0.15) is 0 Å². The van der Waals surface area contributed by atoms with Crippen LogP contribution in [0.15, 0.2) is 48.5 Å². The second kappa shape index (κ2) is 8.43. The van der Waals surface area contributed by atoms with E-state index in [1.165, 1.54) is 4.90 Å². The minimum absolute atomic E-state index is 0.127. The molecule has 5 nitrogen and oxygen atoms in total. The molecule has 136 valence electrons. The van der Waals surface area contributed by atoms with Crippen molar-refractivity contribution in [2.75, 3.05) is 13.6 Å². The monoisotopic (exact) mass is 352 g/mol. The summed E-state index contributed by atoms with van der Waals surface area (Å²) in [6.07, 6.45) is 0. The van der Waals surface area contributed by atoms with Gasteiger partial charge in [-0.25, -0.2) is 0 Å². The van der Waals surface area contributed by atoms with Gasteiger partial charge < -0.3 is 10.2 Å². The lowest BCUT2D eigenvalue weighted by molar-refractivity contribution is -0.129. The third kappa shape index (κ3) is 4.57.